The molecule has 2 aromatic rings. The number of methoxy groups -OCH3 is 2. The third kappa shape index (κ3) is 5.13. The van der Waals surface area contributed by atoms with Crippen molar-refractivity contribution in [2.45, 2.75) is 6.42 Å². The molecule has 0 aliphatic carbocycles. The first-order valence-electron chi connectivity index (χ1n) is 7.62. The molecule has 0 saturated heterocycles. The Kier molecular flexibility index (Phi) is 6.22. The van der Waals surface area contributed by atoms with Gasteiger partial charge >= 0.3 is 12.0 Å². The van der Waals surface area contributed by atoms with Crippen LogP contribution in [0.25, 0.3) is 0 Å². The highest BCUT2D eigenvalue weighted by molar-refractivity contribution is 5.92. The molecule has 2 aromatic carbocycles. The fraction of sp³-hybridized carbons (Fsp3) is 0.222. The van der Waals surface area contributed by atoms with Gasteiger partial charge in [-0.3, -0.25) is 0 Å². The molecule has 0 atom stereocenters. The lowest BCUT2D eigenvalue weighted by molar-refractivity contribution is 0.0600. The van der Waals surface area contributed by atoms with E-state index in [2.05, 4.69) is 15.4 Å². The molecular weight excluding hydrogens is 324 g/mol. The van der Waals surface area contributed by atoms with Crippen LogP contribution in [0.4, 0.5) is 10.5 Å². The second kappa shape index (κ2) is 8.58. The summed E-state index contributed by atoms with van der Waals surface area (Å²) in [6.07, 6.45) is 0.589. The lowest BCUT2D eigenvalue weighted by Crippen LogP contribution is -2.30. The Balaban J connectivity index is 1.81. The van der Waals surface area contributed by atoms with Gasteiger partial charge in [0, 0.05) is 12.2 Å². The van der Waals surface area contributed by atoms with Crippen LogP contribution in [0, 0.1) is 0 Å². The van der Waals surface area contributed by atoms with E-state index < -0.39 is 5.97 Å². The quantitative estimate of drug-likeness (QED) is 0.700. The SMILES string of the molecule is COC(=O)c1ccc(NC(=O)NCCc2ccc(O)c(OC)c2)cc1. The van der Waals surface area contributed by atoms with E-state index in [4.69, 9.17) is 4.74 Å². The molecule has 0 aliphatic rings. The maximum absolute atomic E-state index is 11.9. The summed E-state index contributed by atoms with van der Waals surface area (Å²) in [5.74, 6) is 0.0420. The third-order valence-corrected chi connectivity index (χ3v) is 3.51. The topological polar surface area (TPSA) is 96.9 Å². The van der Waals surface area contributed by atoms with Crippen molar-refractivity contribution in [2.24, 2.45) is 0 Å². The van der Waals surface area contributed by atoms with Gasteiger partial charge in [0.2, 0.25) is 0 Å². The zero-order chi connectivity index (χ0) is 18.2. The maximum atomic E-state index is 11.9. The second-order valence-corrected chi connectivity index (χ2v) is 5.21. The van der Waals surface area contributed by atoms with Gasteiger partial charge in [-0.1, -0.05) is 6.07 Å². The van der Waals surface area contributed by atoms with Crippen LogP contribution in [0.2, 0.25) is 0 Å². The molecule has 7 nitrogen and oxygen atoms in total. The van der Waals surface area contributed by atoms with Gasteiger partial charge in [0.15, 0.2) is 11.5 Å². The van der Waals surface area contributed by atoms with Crippen LogP contribution >= 0.6 is 0 Å². The third-order valence-electron chi connectivity index (χ3n) is 3.51. The summed E-state index contributed by atoms with van der Waals surface area (Å²) >= 11 is 0. The number of phenolic OH excluding ortho intramolecular Hbond substituents is 1. The minimum absolute atomic E-state index is 0.0763. The Morgan fingerprint density at radius 2 is 1.80 bits per heavy atom. The molecule has 25 heavy (non-hydrogen) atoms. The number of nitrogens with one attached hydrogen (secondary N) is 2. The molecule has 0 spiro atoms. The predicted octanol–water partition coefficient (Wildman–Crippen LogP) is 2.55. The average molecular weight is 344 g/mol. The Morgan fingerprint density at radius 3 is 2.44 bits per heavy atom. The molecule has 0 fully saturated rings. The lowest BCUT2D eigenvalue weighted by Gasteiger charge is -2.09. The number of carbonyl (C=O) groups excluding carboxylic acids is 2. The van der Waals surface area contributed by atoms with Crippen LogP contribution in [-0.4, -0.2) is 37.9 Å². The summed E-state index contributed by atoms with van der Waals surface area (Å²) < 4.78 is 9.66. The zero-order valence-electron chi connectivity index (χ0n) is 14.0. The van der Waals surface area contributed by atoms with Crippen LogP contribution in [0.15, 0.2) is 42.5 Å². The van der Waals surface area contributed by atoms with Gasteiger partial charge in [0.1, 0.15) is 0 Å². The first-order chi connectivity index (χ1) is 12.0. The summed E-state index contributed by atoms with van der Waals surface area (Å²) in [6, 6.07) is 11.1. The van der Waals surface area contributed by atoms with Gasteiger partial charge < -0.3 is 25.2 Å². The Hall–Kier alpha value is -3.22. The number of hydrogen-bond donors (Lipinski definition) is 3. The molecule has 0 aromatic heterocycles. The van der Waals surface area contributed by atoms with E-state index in [-0.39, 0.29) is 11.8 Å². The first kappa shape index (κ1) is 18.1. The first-order valence-corrected chi connectivity index (χ1v) is 7.62. The predicted molar refractivity (Wildman–Crippen MR) is 93.2 cm³/mol. The number of carbonyl (C=O) groups is 2. The Morgan fingerprint density at radius 1 is 1.08 bits per heavy atom. The molecule has 2 amide bonds. The van der Waals surface area contributed by atoms with E-state index in [0.29, 0.717) is 30.0 Å². The number of amides is 2. The molecule has 3 N–H and O–H groups in total. The van der Waals surface area contributed by atoms with Gasteiger partial charge in [0.05, 0.1) is 19.8 Å². The van der Waals surface area contributed by atoms with Crippen molar-refractivity contribution in [1.29, 1.82) is 0 Å². The zero-order valence-corrected chi connectivity index (χ0v) is 14.0. The normalized spacial score (nSPS) is 10.0. The number of anilines is 1. The van der Waals surface area contributed by atoms with Gasteiger partial charge in [-0.2, -0.15) is 0 Å². The van der Waals surface area contributed by atoms with Gasteiger partial charge in [-0.15, -0.1) is 0 Å². The van der Waals surface area contributed by atoms with Crippen LogP contribution < -0.4 is 15.4 Å². The van der Waals surface area contributed by atoms with Crippen molar-refractivity contribution in [3.8, 4) is 11.5 Å². The van der Waals surface area contributed by atoms with E-state index in [9.17, 15) is 14.7 Å². The minimum Gasteiger partial charge on any atom is -0.504 e. The van der Waals surface area contributed by atoms with Gasteiger partial charge in [-0.25, -0.2) is 9.59 Å². The summed E-state index contributed by atoms with van der Waals surface area (Å²) in [4.78, 5) is 23.2. The van der Waals surface area contributed by atoms with Gasteiger partial charge in [-0.05, 0) is 48.4 Å². The molecule has 0 saturated carbocycles. The van der Waals surface area contributed by atoms with Crippen LogP contribution in [0.1, 0.15) is 15.9 Å². The van der Waals surface area contributed by atoms with E-state index in [1.54, 1.807) is 42.5 Å². The standard InChI is InChI=1S/C18H20N2O5/c1-24-16-11-12(3-8-15(16)21)9-10-19-18(23)20-14-6-4-13(5-7-14)17(22)25-2/h3-8,11,21H,9-10H2,1-2H3,(H2,19,20,23). The molecule has 0 unspecified atom stereocenters. The second-order valence-electron chi connectivity index (χ2n) is 5.21. The molecule has 0 aliphatic heterocycles. The molecule has 0 bridgehead atoms. The van der Waals surface area contributed by atoms with E-state index in [1.165, 1.54) is 14.2 Å². The lowest BCUT2D eigenvalue weighted by atomic mass is 10.1. The van der Waals surface area contributed by atoms with Gasteiger partial charge in [0.25, 0.3) is 0 Å². The molecule has 7 heteroatoms. The smallest absolute Gasteiger partial charge is 0.337 e. The van der Waals surface area contributed by atoms with E-state index >= 15 is 0 Å². The van der Waals surface area contributed by atoms with Crippen molar-refractivity contribution in [1.82, 2.24) is 5.32 Å². The number of benzene rings is 2. The Bertz CT molecular complexity index is 744. The number of esters is 1. The fourth-order valence-corrected chi connectivity index (χ4v) is 2.18. The minimum atomic E-state index is -0.430. The number of hydrogen-bond acceptors (Lipinski definition) is 5. The molecule has 0 heterocycles. The number of rotatable bonds is 6. The molecule has 132 valence electrons. The monoisotopic (exact) mass is 344 g/mol. The van der Waals surface area contributed by atoms with Crippen molar-refractivity contribution < 1.29 is 24.2 Å². The number of phenols is 1. The summed E-state index contributed by atoms with van der Waals surface area (Å²) in [6.45, 7) is 0.417. The maximum Gasteiger partial charge on any atom is 0.337 e. The number of aromatic hydroxyl groups is 1. The highest BCUT2D eigenvalue weighted by Crippen LogP contribution is 2.26. The highest BCUT2D eigenvalue weighted by atomic mass is 16.5. The van der Waals surface area contributed by atoms with Crippen LogP contribution in [0.5, 0.6) is 11.5 Å². The summed E-state index contributed by atoms with van der Waals surface area (Å²) in [5.41, 5.74) is 1.91. The van der Waals surface area contributed by atoms with Crippen LogP contribution in [-0.2, 0) is 11.2 Å². The Labute approximate surface area is 145 Å². The number of ether oxygens (including phenoxy) is 2. The van der Waals surface area contributed by atoms with Crippen molar-refractivity contribution in [3.05, 3.63) is 53.6 Å². The molecule has 2 rings (SSSR count). The highest BCUT2D eigenvalue weighted by Gasteiger charge is 2.07. The average Bonchev–Trinajstić information content (AvgIpc) is 2.63. The van der Waals surface area contributed by atoms with Crippen LogP contribution in [0.3, 0.4) is 0 Å². The van der Waals surface area contributed by atoms with E-state index in [0.717, 1.165) is 5.56 Å². The van der Waals surface area contributed by atoms with Crippen molar-refractivity contribution >= 4 is 17.7 Å². The van der Waals surface area contributed by atoms with E-state index in [1.807, 2.05) is 0 Å². The largest absolute Gasteiger partial charge is 0.504 e. The fourth-order valence-electron chi connectivity index (χ4n) is 2.18. The van der Waals surface area contributed by atoms with Crippen molar-refractivity contribution in [2.75, 3.05) is 26.1 Å². The summed E-state index contributed by atoms with van der Waals surface area (Å²) in [7, 11) is 2.79. The number of urea groups is 1. The molecule has 0 radical (unpaired) electrons. The van der Waals surface area contributed by atoms with Crippen molar-refractivity contribution in [3.63, 3.8) is 0 Å². The molecular formula is C18H20N2O5. The summed E-state index contributed by atoms with van der Waals surface area (Å²) in [5, 5.41) is 15.0.